The lowest BCUT2D eigenvalue weighted by atomic mass is 10.2. The number of carbonyl (C=O) groups excluding carboxylic acids is 1. The molecular formula is C22H16ClFN4O3S. The minimum absolute atomic E-state index is 0.0931. The van der Waals surface area contributed by atoms with Crippen LogP contribution in [0.15, 0.2) is 90.1 Å². The van der Waals surface area contributed by atoms with E-state index >= 15 is 0 Å². The van der Waals surface area contributed by atoms with E-state index in [1.807, 2.05) is 0 Å². The Balaban J connectivity index is 1.53. The predicted octanol–water partition coefficient (Wildman–Crippen LogP) is 4.72. The highest BCUT2D eigenvalue weighted by atomic mass is 35.5. The molecule has 3 aromatic carbocycles. The smallest absolute Gasteiger partial charge is 0.261 e. The van der Waals surface area contributed by atoms with E-state index in [4.69, 9.17) is 11.6 Å². The number of halogens is 2. The minimum Gasteiger partial charge on any atom is -0.322 e. The summed E-state index contributed by atoms with van der Waals surface area (Å²) in [5, 5.41) is 6.92. The summed E-state index contributed by atoms with van der Waals surface area (Å²) in [5.74, 6) is -1.16. The number of benzene rings is 3. The summed E-state index contributed by atoms with van der Waals surface area (Å²) in [6.45, 7) is 0. The first-order chi connectivity index (χ1) is 15.3. The molecule has 1 aromatic heterocycles. The molecule has 4 aromatic rings. The zero-order chi connectivity index (χ0) is 22.7. The molecule has 0 saturated carbocycles. The molecule has 32 heavy (non-hydrogen) atoms. The fourth-order valence-electron chi connectivity index (χ4n) is 2.96. The molecule has 0 radical (unpaired) electrons. The van der Waals surface area contributed by atoms with E-state index in [1.165, 1.54) is 53.3 Å². The van der Waals surface area contributed by atoms with Crippen LogP contribution in [0.2, 0.25) is 5.02 Å². The Morgan fingerprint density at radius 1 is 0.969 bits per heavy atom. The van der Waals surface area contributed by atoms with Crippen LogP contribution in [-0.4, -0.2) is 24.1 Å². The van der Waals surface area contributed by atoms with E-state index in [1.54, 1.807) is 30.5 Å². The number of amides is 1. The Labute approximate surface area is 188 Å². The molecule has 4 rings (SSSR count). The van der Waals surface area contributed by atoms with Crippen LogP contribution < -0.4 is 10.0 Å². The van der Waals surface area contributed by atoms with Gasteiger partial charge in [-0.25, -0.2) is 17.5 Å². The van der Waals surface area contributed by atoms with Crippen LogP contribution in [-0.2, 0) is 10.0 Å². The second-order valence-corrected chi connectivity index (χ2v) is 8.83. The van der Waals surface area contributed by atoms with Gasteiger partial charge in [-0.1, -0.05) is 23.7 Å². The van der Waals surface area contributed by atoms with Crippen LogP contribution in [0.5, 0.6) is 0 Å². The molecule has 10 heteroatoms. The summed E-state index contributed by atoms with van der Waals surface area (Å²) in [5.41, 5.74) is 0.831. The second-order valence-electron chi connectivity index (χ2n) is 6.71. The third kappa shape index (κ3) is 4.79. The van der Waals surface area contributed by atoms with Crippen LogP contribution in [0.3, 0.4) is 0 Å². The Morgan fingerprint density at radius 2 is 1.78 bits per heavy atom. The monoisotopic (exact) mass is 470 g/mol. The van der Waals surface area contributed by atoms with Crippen molar-refractivity contribution >= 4 is 38.9 Å². The van der Waals surface area contributed by atoms with E-state index in [0.29, 0.717) is 10.7 Å². The van der Waals surface area contributed by atoms with Gasteiger partial charge in [0.25, 0.3) is 15.9 Å². The Hall–Kier alpha value is -3.69. The number of sulfonamides is 1. The Bertz CT molecular complexity index is 1390. The number of hydrogen-bond donors (Lipinski definition) is 2. The molecule has 1 heterocycles. The fourth-order valence-corrected chi connectivity index (χ4v) is 4.24. The van der Waals surface area contributed by atoms with Gasteiger partial charge in [-0.3, -0.25) is 9.52 Å². The van der Waals surface area contributed by atoms with Crippen molar-refractivity contribution in [2.45, 2.75) is 4.90 Å². The fraction of sp³-hybridized carbons (Fsp3) is 0. The highest BCUT2D eigenvalue weighted by Crippen LogP contribution is 2.22. The highest BCUT2D eigenvalue weighted by molar-refractivity contribution is 7.92. The van der Waals surface area contributed by atoms with Gasteiger partial charge in [-0.15, -0.1) is 0 Å². The lowest BCUT2D eigenvalue weighted by Crippen LogP contribution is -2.16. The van der Waals surface area contributed by atoms with Crippen molar-refractivity contribution in [3.63, 3.8) is 0 Å². The number of carbonyl (C=O) groups is 1. The van der Waals surface area contributed by atoms with Gasteiger partial charge in [0.05, 0.1) is 10.6 Å². The summed E-state index contributed by atoms with van der Waals surface area (Å²) in [6.07, 6.45) is 3.12. The maximum atomic E-state index is 14.4. The van der Waals surface area contributed by atoms with Crippen molar-refractivity contribution in [3.05, 3.63) is 102 Å². The number of aromatic nitrogens is 2. The number of nitrogens with zero attached hydrogens (tertiary/aromatic N) is 2. The van der Waals surface area contributed by atoms with Crippen molar-refractivity contribution in [2.24, 2.45) is 0 Å². The third-order valence-corrected chi connectivity index (χ3v) is 6.05. The van der Waals surface area contributed by atoms with E-state index in [9.17, 15) is 17.6 Å². The van der Waals surface area contributed by atoms with Gasteiger partial charge in [0.15, 0.2) is 5.82 Å². The predicted molar refractivity (Wildman–Crippen MR) is 120 cm³/mol. The summed E-state index contributed by atoms with van der Waals surface area (Å²) < 4.78 is 43.6. The third-order valence-electron chi connectivity index (χ3n) is 4.44. The SMILES string of the molecule is O=C(Nc1ccc(-n2cccn2)c(F)c1)c1cccc(S(=O)(=O)Nc2cccc(Cl)c2)c1. The number of hydrogen-bond acceptors (Lipinski definition) is 4. The van der Waals surface area contributed by atoms with Crippen molar-refractivity contribution in [3.8, 4) is 5.69 Å². The molecule has 0 aliphatic rings. The number of rotatable bonds is 6. The molecule has 0 aliphatic heterocycles. The van der Waals surface area contributed by atoms with Crippen LogP contribution >= 0.6 is 11.6 Å². The van der Waals surface area contributed by atoms with Crippen LogP contribution in [0, 0.1) is 5.82 Å². The first-order valence-electron chi connectivity index (χ1n) is 9.31. The van der Waals surface area contributed by atoms with Gasteiger partial charge >= 0.3 is 0 Å². The molecule has 0 fully saturated rings. The summed E-state index contributed by atoms with van der Waals surface area (Å²) >= 11 is 5.89. The largest absolute Gasteiger partial charge is 0.322 e. The first-order valence-corrected chi connectivity index (χ1v) is 11.2. The van der Waals surface area contributed by atoms with Crippen molar-refractivity contribution in [1.29, 1.82) is 0 Å². The topological polar surface area (TPSA) is 93.1 Å². The van der Waals surface area contributed by atoms with Gasteiger partial charge in [-0.2, -0.15) is 5.10 Å². The van der Waals surface area contributed by atoms with Gasteiger partial charge < -0.3 is 5.32 Å². The van der Waals surface area contributed by atoms with Gasteiger partial charge in [0, 0.05) is 28.7 Å². The molecule has 162 valence electrons. The molecule has 0 bridgehead atoms. The zero-order valence-corrected chi connectivity index (χ0v) is 17.9. The molecule has 0 saturated heterocycles. The zero-order valence-electron chi connectivity index (χ0n) is 16.4. The quantitative estimate of drug-likeness (QED) is 0.426. The Kier molecular flexibility index (Phi) is 5.93. The van der Waals surface area contributed by atoms with Crippen LogP contribution in [0.4, 0.5) is 15.8 Å². The van der Waals surface area contributed by atoms with E-state index in [-0.39, 0.29) is 21.8 Å². The summed E-state index contributed by atoms with van der Waals surface area (Å²) in [7, 11) is -3.95. The molecule has 0 unspecified atom stereocenters. The van der Waals surface area contributed by atoms with E-state index in [2.05, 4.69) is 15.1 Å². The Morgan fingerprint density at radius 3 is 2.50 bits per heavy atom. The lowest BCUT2D eigenvalue weighted by molar-refractivity contribution is 0.102. The van der Waals surface area contributed by atoms with Crippen molar-refractivity contribution in [1.82, 2.24) is 9.78 Å². The normalized spacial score (nSPS) is 11.2. The maximum Gasteiger partial charge on any atom is 0.261 e. The lowest BCUT2D eigenvalue weighted by Gasteiger charge is -2.11. The number of anilines is 2. The molecule has 0 atom stereocenters. The van der Waals surface area contributed by atoms with Gasteiger partial charge in [0.1, 0.15) is 5.69 Å². The summed E-state index contributed by atoms with van der Waals surface area (Å²) in [6, 6.07) is 17.6. The average Bonchev–Trinajstić information content (AvgIpc) is 3.28. The molecule has 0 aliphatic carbocycles. The standard InChI is InChI=1S/C22H16ClFN4O3S/c23-16-5-2-6-18(13-16)27-32(30,31)19-7-1-4-15(12-19)22(29)26-17-8-9-21(20(24)14-17)28-11-3-10-25-28/h1-14,27H,(H,26,29). The van der Waals surface area contributed by atoms with Gasteiger partial charge in [-0.05, 0) is 60.7 Å². The van der Waals surface area contributed by atoms with E-state index < -0.39 is 21.7 Å². The highest BCUT2D eigenvalue weighted by Gasteiger charge is 2.17. The van der Waals surface area contributed by atoms with Gasteiger partial charge in [0.2, 0.25) is 0 Å². The minimum atomic E-state index is -3.95. The maximum absolute atomic E-state index is 14.4. The van der Waals surface area contributed by atoms with E-state index in [0.717, 1.165) is 6.07 Å². The van der Waals surface area contributed by atoms with Crippen LogP contribution in [0.1, 0.15) is 10.4 Å². The van der Waals surface area contributed by atoms with Crippen molar-refractivity contribution < 1.29 is 17.6 Å². The summed E-state index contributed by atoms with van der Waals surface area (Å²) in [4.78, 5) is 12.5. The number of nitrogens with one attached hydrogen (secondary N) is 2. The molecule has 0 spiro atoms. The molecule has 7 nitrogen and oxygen atoms in total. The van der Waals surface area contributed by atoms with Crippen molar-refractivity contribution in [2.75, 3.05) is 10.0 Å². The van der Waals surface area contributed by atoms with Crippen LogP contribution in [0.25, 0.3) is 5.69 Å². The second kappa shape index (κ2) is 8.81. The first kappa shape index (κ1) is 21.5. The molecule has 1 amide bonds. The molecule has 2 N–H and O–H groups in total. The molecular weight excluding hydrogens is 455 g/mol. The average molecular weight is 471 g/mol.